The Morgan fingerprint density at radius 3 is 1.06 bits per heavy atom. The summed E-state index contributed by atoms with van der Waals surface area (Å²) >= 11 is 0. The molecule has 0 aliphatic rings. The van der Waals surface area contributed by atoms with Crippen LogP contribution in [0.5, 0.6) is 11.5 Å². The predicted octanol–water partition coefficient (Wildman–Crippen LogP) is 4.66. The minimum atomic E-state index is -4.26. The second-order valence-electron chi connectivity index (χ2n) is 7.46. The minimum absolute atomic E-state index is 0.221. The van der Waals surface area contributed by atoms with Gasteiger partial charge in [-0.15, -0.1) is 0 Å². The largest absolute Gasteiger partial charge is 0.382 e. The fourth-order valence-corrected chi connectivity index (χ4v) is 4.02. The second-order valence-corrected chi connectivity index (χ2v) is 10.3. The number of rotatable bonds is 9. The highest BCUT2D eigenvalue weighted by atomic mass is 32.2. The Kier molecular flexibility index (Phi) is 7.12. The van der Waals surface area contributed by atoms with Crippen LogP contribution >= 0.6 is 0 Å². The lowest BCUT2D eigenvalue weighted by molar-refractivity contribution is 0.404. The normalized spacial score (nSPS) is 11.5. The Labute approximate surface area is 207 Å². The Balaban J connectivity index is 1.31. The van der Waals surface area contributed by atoms with Crippen molar-refractivity contribution in [2.24, 2.45) is 0 Å². The van der Waals surface area contributed by atoms with Crippen molar-refractivity contribution in [3.05, 3.63) is 97.1 Å². The maximum atomic E-state index is 11.1. The molecule has 0 fully saturated rings. The first-order chi connectivity index (χ1) is 17.1. The second kappa shape index (κ2) is 10.3. The summed E-state index contributed by atoms with van der Waals surface area (Å²) < 4.78 is 62.4. The summed E-state index contributed by atoms with van der Waals surface area (Å²) in [4.78, 5) is 10.4. The molecule has 4 rings (SSSR count). The molecule has 0 saturated heterocycles. The first kappa shape index (κ1) is 25.0. The van der Waals surface area contributed by atoms with E-state index in [-0.39, 0.29) is 9.79 Å². The molecule has 186 valence electrons. The smallest absolute Gasteiger partial charge is 0.294 e. The molecule has 0 radical (unpaired) electrons. The summed E-state index contributed by atoms with van der Waals surface area (Å²) in [6, 6.07) is 25.4. The molecule has 10 nitrogen and oxygen atoms in total. The highest BCUT2D eigenvalue weighted by molar-refractivity contribution is 7.86. The zero-order chi connectivity index (χ0) is 25.8. The van der Waals surface area contributed by atoms with E-state index < -0.39 is 20.2 Å². The molecule has 0 aliphatic carbocycles. The van der Waals surface area contributed by atoms with Crippen LogP contribution in [0.3, 0.4) is 0 Å². The highest BCUT2D eigenvalue weighted by Crippen LogP contribution is 2.24. The summed E-state index contributed by atoms with van der Waals surface area (Å²) in [7, 11) is -8.51. The molecule has 0 unspecified atom stereocenters. The van der Waals surface area contributed by atoms with Gasteiger partial charge in [0.15, 0.2) is 11.5 Å². The fourth-order valence-electron chi connectivity index (χ4n) is 3.06. The Morgan fingerprint density at radius 2 is 0.778 bits per heavy atom. The molecule has 0 heterocycles. The molecule has 0 amide bonds. The van der Waals surface area contributed by atoms with E-state index in [9.17, 15) is 16.8 Å². The third kappa shape index (κ3) is 6.52. The van der Waals surface area contributed by atoms with Gasteiger partial charge in [-0.3, -0.25) is 9.11 Å². The van der Waals surface area contributed by atoms with Crippen LogP contribution in [-0.2, 0) is 20.2 Å². The summed E-state index contributed by atoms with van der Waals surface area (Å²) in [6.45, 7) is 0. The Bertz CT molecular complexity index is 1420. The van der Waals surface area contributed by atoms with E-state index >= 15 is 0 Å². The van der Waals surface area contributed by atoms with Gasteiger partial charge in [-0.1, -0.05) is 24.3 Å². The van der Waals surface area contributed by atoms with Crippen molar-refractivity contribution in [3.8, 4) is 22.6 Å². The summed E-state index contributed by atoms with van der Waals surface area (Å²) in [6.07, 6.45) is 0. The van der Waals surface area contributed by atoms with Crippen molar-refractivity contribution in [2.75, 3.05) is 11.0 Å². The van der Waals surface area contributed by atoms with Crippen molar-refractivity contribution in [1.29, 1.82) is 0 Å². The van der Waals surface area contributed by atoms with Crippen molar-refractivity contribution in [2.45, 2.75) is 9.79 Å². The van der Waals surface area contributed by atoms with E-state index in [0.717, 1.165) is 11.1 Å². The van der Waals surface area contributed by atoms with Crippen LogP contribution in [-0.4, -0.2) is 25.9 Å². The molecule has 4 N–H and O–H groups in total. The number of benzene rings is 4. The number of hydrogen-bond donors (Lipinski definition) is 4. The molecule has 0 aliphatic heterocycles. The monoisotopic (exact) mass is 528 g/mol. The summed E-state index contributed by atoms with van der Waals surface area (Å²) in [5.74, 6) is 0.734. The van der Waals surface area contributed by atoms with Crippen molar-refractivity contribution in [3.63, 3.8) is 0 Å². The van der Waals surface area contributed by atoms with Gasteiger partial charge in [-0.05, 0) is 83.9 Å². The molecule has 0 aromatic heterocycles. The molecule has 0 atom stereocenters. The van der Waals surface area contributed by atoms with Gasteiger partial charge < -0.3 is 9.68 Å². The lowest BCUT2D eigenvalue weighted by atomic mass is 10.1. The molecule has 0 bridgehead atoms. The molecular weight excluding hydrogens is 508 g/mol. The minimum Gasteiger partial charge on any atom is -0.382 e. The van der Waals surface area contributed by atoms with Crippen molar-refractivity contribution >= 4 is 31.6 Å². The van der Waals surface area contributed by atoms with Gasteiger partial charge in [-0.2, -0.15) is 16.8 Å². The van der Waals surface area contributed by atoms with E-state index in [0.29, 0.717) is 22.9 Å². The molecule has 0 saturated carbocycles. The molecule has 36 heavy (non-hydrogen) atoms. The van der Waals surface area contributed by atoms with E-state index in [2.05, 4.69) is 11.0 Å². The molecule has 0 spiro atoms. The molecular formula is C24H20N2O8S2. The average Bonchev–Trinajstić information content (AvgIpc) is 2.86. The number of nitrogens with one attached hydrogen (secondary N) is 2. The average molecular weight is 529 g/mol. The van der Waals surface area contributed by atoms with Crippen LogP contribution in [0.1, 0.15) is 0 Å². The molecule has 4 aromatic carbocycles. The SMILES string of the molecule is O=S(=O)(O)c1ccc(ONc2ccc(-c3ccc(NOc4ccc(S(=O)(=O)O)cc4)cc3)cc2)cc1. The van der Waals surface area contributed by atoms with E-state index in [1.54, 1.807) is 0 Å². The van der Waals surface area contributed by atoms with E-state index in [4.69, 9.17) is 18.8 Å². The molecule has 12 heteroatoms. The third-order valence-corrected chi connectivity index (χ3v) is 6.66. The fraction of sp³-hybridized carbons (Fsp3) is 0. The maximum absolute atomic E-state index is 11.1. The van der Waals surface area contributed by atoms with Crippen LogP contribution in [0.4, 0.5) is 11.4 Å². The summed E-state index contributed by atoms with van der Waals surface area (Å²) in [5, 5.41) is 0. The summed E-state index contributed by atoms with van der Waals surface area (Å²) in [5.41, 5.74) is 8.77. The Morgan fingerprint density at radius 1 is 0.472 bits per heavy atom. The quantitative estimate of drug-likeness (QED) is 0.178. The van der Waals surface area contributed by atoms with Crippen LogP contribution in [0.25, 0.3) is 11.1 Å². The molecule has 4 aromatic rings. The van der Waals surface area contributed by atoms with Gasteiger partial charge in [0.25, 0.3) is 20.2 Å². The van der Waals surface area contributed by atoms with Gasteiger partial charge in [0, 0.05) is 0 Å². The van der Waals surface area contributed by atoms with Crippen LogP contribution in [0.15, 0.2) is 107 Å². The van der Waals surface area contributed by atoms with Gasteiger partial charge >= 0.3 is 0 Å². The van der Waals surface area contributed by atoms with E-state index in [1.807, 2.05) is 48.5 Å². The zero-order valence-corrected chi connectivity index (χ0v) is 20.0. The predicted molar refractivity (Wildman–Crippen MR) is 133 cm³/mol. The zero-order valence-electron chi connectivity index (χ0n) is 18.4. The van der Waals surface area contributed by atoms with Gasteiger partial charge in [-0.25, -0.2) is 11.0 Å². The van der Waals surface area contributed by atoms with Crippen LogP contribution in [0, 0.1) is 0 Å². The lowest BCUT2D eigenvalue weighted by Crippen LogP contribution is -2.05. The third-order valence-electron chi connectivity index (χ3n) is 4.92. The number of anilines is 2. The lowest BCUT2D eigenvalue weighted by Gasteiger charge is -2.11. The van der Waals surface area contributed by atoms with Crippen molar-refractivity contribution < 1.29 is 35.6 Å². The highest BCUT2D eigenvalue weighted by Gasteiger charge is 2.10. The van der Waals surface area contributed by atoms with E-state index in [1.165, 1.54) is 48.5 Å². The van der Waals surface area contributed by atoms with Crippen molar-refractivity contribution in [1.82, 2.24) is 0 Å². The Hall–Kier alpha value is -4.10. The number of hydrogen-bond acceptors (Lipinski definition) is 8. The van der Waals surface area contributed by atoms with Gasteiger partial charge in [0.1, 0.15) is 0 Å². The van der Waals surface area contributed by atoms with Crippen LogP contribution < -0.4 is 20.6 Å². The standard InChI is InChI=1S/C24H20N2O8S2/c27-35(28,29)23-13-9-21(10-14-23)33-25-19-5-1-17(2-6-19)18-3-7-20(8-4-18)26-34-22-11-15-24(16-12-22)36(30,31)32/h1-16,25-26H,(H,27,28,29)(H,30,31,32). The first-order valence-electron chi connectivity index (χ1n) is 10.3. The van der Waals surface area contributed by atoms with Gasteiger partial charge in [0.05, 0.1) is 21.2 Å². The maximum Gasteiger partial charge on any atom is 0.294 e. The van der Waals surface area contributed by atoms with Gasteiger partial charge in [0.2, 0.25) is 0 Å². The first-order valence-corrected chi connectivity index (χ1v) is 13.2. The van der Waals surface area contributed by atoms with Crippen LogP contribution in [0.2, 0.25) is 0 Å². The topological polar surface area (TPSA) is 151 Å².